The lowest BCUT2D eigenvalue weighted by atomic mass is 9.97. The molecule has 37 heavy (non-hydrogen) atoms. The SMILES string of the molecule is CCCCN(CO)c1cc(-c2cc(F)cc(-c3ccc(-n4ccn(C)c4=O)c(Cl)c3)c2O)cnc1CC. The second-order valence-corrected chi connectivity index (χ2v) is 9.29. The summed E-state index contributed by atoms with van der Waals surface area (Å²) in [4.78, 5) is 18.7. The van der Waals surface area contributed by atoms with Gasteiger partial charge in [0.25, 0.3) is 0 Å². The predicted octanol–water partition coefficient (Wildman–Crippen LogP) is 5.52. The van der Waals surface area contributed by atoms with Gasteiger partial charge < -0.3 is 19.7 Å². The number of halogens is 2. The molecule has 2 aromatic carbocycles. The van der Waals surface area contributed by atoms with Crippen molar-refractivity contribution < 1.29 is 14.6 Å². The summed E-state index contributed by atoms with van der Waals surface area (Å²) < 4.78 is 17.7. The van der Waals surface area contributed by atoms with Crippen LogP contribution in [0.15, 0.2) is 59.8 Å². The van der Waals surface area contributed by atoms with E-state index in [-0.39, 0.29) is 34.3 Å². The largest absolute Gasteiger partial charge is 0.507 e. The van der Waals surface area contributed by atoms with Crippen LogP contribution >= 0.6 is 11.6 Å². The van der Waals surface area contributed by atoms with Gasteiger partial charge in [0.2, 0.25) is 0 Å². The first-order valence-electron chi connectivity index (χ1n) is 12.2. The van der Waals surface area contributed by atoms with Crippen LogP contribution < -0.4 is 10.6 Å². The molecule has 0 atom stereocenters. The van der Waals surface area contributed by atoms with Gasteiger partial charge in [0.05, 0.1) is 22.1 Å². The Labute approximate surface area is 220 Å². The molecule has 0 aliphatic rings. The molecule has 0 radical (unpaired) electrons. The molecule has 2 heterocycles. The zero-order chi connectivity index (χ0) is 26.7. The first kappa shape index (κ1) is 26.4. The Morgan fingerprint density at radius 1 is 1.08 bits per heavy atom. The molecule has 7 nitrogen and oxygen atoms in total. The zero-order valence-corrected chi connectivity index (χ0v) is 21.8. The molecular weight excluding hydrogens is 495 g/mol. The molecule has 2 aromatic heterocycles. The Kier molecular flexibility index (Phi) is 8.00. The van der Waals surface area contributed by atoms with E-state index in [1.807, 2.05) is 17.9 Å². The van der Waals surface area contributed by atoms with Gasteiger partial charge in [-0.1, -0.05) is 37.9 Å². The summed E-state index contributed by atoms with van der Waals surface area (Å²) in [5.74, 6) is -0.656. The van der Waals surface area contributed by atoms with Crippen LogP contribution in [0.4, 0.5) is 10.1 Å². The highest BCUT2D eigenvalue weighted by Gasteiger charge is 2.19. The van der Waals surface area contributed by atoms with Crippen molar-refractivity contribution in [3.8, 4) is 33.7 Å². The molecule has 0 aliphatic carbocycles. The van der Waals surface area contributed by atoms with Gasteiger partial charge in [-0.05, 0) is 48.7 Å². The molecule has 0 spiro atoms. The number of anilines is 1. The van der Waals surface area contributed by atoms with Crippen LogP contribution in [-0.2, 0) is 13.5 Å². The highest BCUT2D eigenvalue weighted by atomic mass is 35.5. The summed E-state index contributed by atoms with van der Waals surface area (Å²) in [6.45, 7) is 4.54. The van der Waals surface area contributed by atoms with E-state index in [4.69, 9.17) is 11.6 Å². The molecule has 4 aromatic rings. The Morgan fingerprint density at radius 2 is 1.81 bits per heavy atom. The first-order chi connectivity index (χ1) is 17.8. The molecular formula is C28H30ClFN4O3. The highest BCUT2D eigenvalue weighted by molar-refractivity contribution is 6.32. The summed E-state index contributed by atoms with van der Waals surface area (Å²) in [5, 5.41) is 21.5. The maximum Gasteiger partial charge on any atom is 0.332 e. The maximum absolute atomic E-state index is 14.9. The molecule has 0 aliphatic heterocycles. The molecule has 0 unspecified atom stereocenters. The molecule has 4 rings (SSSR count). The standard InChI is InChI=1S/C28H30ClFN4O3/c1-4-6-9-33(17-35)26-13-19(16-31-24(26)5-2)22-15-20(30)14-21(27(22)36)18-7-8-25(23(29)12-18)34-11-10-32(3)28(34)37/h7-8,10-16,35-36H,4-6,9,17H2,1-3H3. The summed E-state index contributed by atoms with van der Waals surface area (Å²) in [6, 6.07) is 9.27. The van der Waals surface area contributed by atoms with E-state index in [9.17, 15) is 19.4 Å². The Balaban J connectivity index is 1.79. The number of hydrogen-bond donors (Lipinski definition) is 2. The fourth-order valence-corrected chi connectivity index (χ4v) is 4.62. The van der Waals surface area contributed by atoms with Crippen LogP contribution in [0.5, 0.6) is 5.75 Å². The van der Waals surface area contributed by atoms with Gasteiger partial charge in [0.1, 0.15) is 18.3 Å². The predicted molar refractivity (Wildman–Crippen MR) is 145 cm³/mol. The second kappa shape index (κ2) is 11.2. The minimum absolute atomic E-state index is 0.122. The fourth-order valence-electron chi connectivity index (χ4n) is 4.35. The van der Waals surface area contributed by atoms with E-state index in [1.54, 1.807) is 43.8 Å². The summed E-state index contributed by atoms with van der Waals surface area (Å²) in [5.41, 5.74) is 3.35. The molecule has 0 bridgehead atoms. The van der Waals surface area contributed by atoms with Gasteiger partial charge in [0.15, 0.2) is 0 Å². The van der Waals surface area contributed by atoms with E-state index < -0.39 is 5.82 Å². The van der Waals surface area contributed by atoms with Gasteiger partial charge >= 0.3 is 5.69 Å². The summed E-state index contributed by atoms with van der Waals surface area (Å²) in [7, 11) is 1.64. The summed E-state index contributed by atoms with van der Waals surface area (Å²) in [6.07, 6.45) is 7.38. The normalized spacial score (nSPS) is 11.2. The zero-order valence-electron chi connectivity index (χ0n) is 21.1. The van der Waals surface area contributed by atoms with Crippen molar-refractivity contribution in [1.29, 1.82) is 0 Å². The van der Waals surface area contributed by atoms with E-state index in [2.05, 4.69) is 11.9 Å². The number of pyridine rings is 1. The summed E-state index contributed by atoms with van der Waals surface area (Å²) >= 11 is 6.51. The van der Waals surface area contributed by atoms with Crippen molar-refractivity contribution >= 4 is 17.3 Å². The fraction of sp³-hybridized carbons (Fsp3) is 0.286. The van der Waals surface area contributed by atoms with Crippen LogP contribution in [0, 0.1) is 5.82 Å². The van der Waals surface area contributed by atoms with Crippen molar-refractivity contribution in [3.05, 3.63) is 82.0 Å². The van der Waals surface area contributed by atoms with Gasteiger partial charge in [-0.25, -0.2) is 9.18 Å². The van der Waals surface area contributed by atoms with Crippen molar-refractivity contribution in [3.63, 3.8) is 0 Å². The average Bonchev–Trinajstić information content (AvgIpc) is 3.23. The Hall–Kier alpha value is -3.62. The lowest BCUT2D eigenvalue weighted by molar-refractivity contribution is 0.289. The number of aliphatic hydroxyl groups excluding tert-OH is 1. The molecule has 0 amide bonds. The Morgan fingerprint density at radius 3 is 2.41 bits per heavy atom. The molecule has 0 saturated heterocycles. The van der Waals surface area contributed by atoms with Crippen LogP contribution in [0.2, 0.25) is 5.02 Å². The first-order valence-corrected chi connectivity index (χ1v) is 12.6. The molecule has 0 saturated carbocycles. The number of rotatable bonds is 9. The van der Waals surface area contributed by atoms with E-state index in [0.717, 1.165) is 24.2 Å². The Bertz CT molecular complexity index is 1480. The number of aliphatic hydroxyl groups is 1. The number of imidazole rings is 1. The van der Waals surface area contributed by atoms with Crippen molar-refractivity contribution in [2.24, 2.45) is 7.05 Å². The lowest BCUT2D eigenvalue weighted by Crippen LogP contribution is -2.26. The smallest absolute Gasteiger partial charge is 0.332 e. The van der Waals surface area contributed by atoms with Crippen molar-refractivity contribution in [1.82, 2.24) is 14.1 Å². The topological polar surface area (TPSA) is 83.5 Å². The molecule has 194 valence electrons. The van der Waals surface area contributed by atoms with Crippen LogP contribution in [0.3, 0.4) is 0 Å². The molecule has 0 fully saturated rings. The maximum atomic E-state index is 14.9. The van der Waals surface area contributed by atoms with E-state index in [0.29, 0.717) is 29.8 Å². The number of nitrogens with zero attached hydrogens (tertiary/aromatic N) is 4. The number of phenols is 1. The van der Waals surface area contributed by atoms with E-state index >= 15 is 0 Å². The third-order valence-electron chi connectivity index (χ3n) is 6.43. The molecule has 2 N–H and O–H groups in total. The number of phenolic OH excluding ortho intramolecular Hbond substituents is 1. The van der Waals surface area contributed by atoms with Crippen molar-refractivity contribution in [2.75, 3.05) is 18.2 Å². The minimum Gasteiger partial charge on any atom is -0.507 e. The van der Waals surface area contributed by atoms with Crippen LogP contribution in [-0.4, -0.2) is 37.6 Å². The molecule has 9 heteroatoms. The number of hydrogen-bond acceptors (Lipinski definition) is 5. The van der Waals surface area contributed by atoms with Crippen molar-refractivity contribution in [2.45, 2.75) is 33.1 Å². The number of unbranched alkanes of at least 4 members (excludes halogenated alkanes) is 1. The van der Waals surface area contributed by atoms with E-state index in [1.165, 1.54) is 21.3 Å². The third kappa shape index (κ3) is 5.26. The number of aromatic hydroxyl groups is 1. The lowest BCUT2D eigenvalue weighted by Gasteiger charge is -2.25. The second-order valence-electron chi connectivity index (χ2n) is 8.88. The highest BCUT2D eigenvalue weighted by Crippen LogP contribution is 2.41. The van der Waals surface area contributed by atoms with Gasteiger partial charge in [-0.15, -0.1) is 0 Å². The monoisotopic (exact) mass is 524 g/mol. The third-order valence-corrected chi connectivity index (χ3v) is 6.73. The van der Waals surface area contributed by atoms with Crippen LogP contribution in [0.1, 0.15) is 32.4 Å². The quantitative estimate of drug-likeness (QED) is 0.282. The van der Waals surface area contributed by atoms with Gasteiger partial charge in [-0.3, -0.25) is 9.55 Å². The average molecular weight is 525 g/mol. The number of aromatic nitrogens is 3. The minimum atomic E-state index is -0.534. The van der Waals surface area contributed by atoms with Gasteiger partial charge in [0, 0.05) is 48.9 Å². The van der Waals surface area contributed by atoms with Gasteiger partial charge in [-0.2, -0.15) is 0 Å². The number of benzene rings is 2. The number of aryl methyl sites for hydroxylation is 2. The van der Waals surface area contributed by atoms with Crippen LogP contribution in [0.25, 0.3) is 27.9 Å².